The van der Waals surface area contributed by atoms with Gasteiger partial charge in [-0.3, -0.25) is 0 Å². The van der Waals surface area contributed by atoms with Crippen LogP contribution in [0.15, 0.2) is 36.4 Å². The Hall–Kier alpha value is -0.360. The van der Waals surface area contributed by atoms with E-state index in [2.05, 4.69) is 27.9 Å². The fraction of sp³-hybridized carbons (Fsp3) is 0.200. The van der Waals surface area contributed by atoms with E-state index >= 15 is 0 Å². The Morgan fingerprint density at radius 1 is 1.15 bits per heavy atom. The van der Waals surface area contributed by atoms with Crippen LogP contribution in [0.1, 0.15) is 17.2 Å². The van der Waals surface area contributed by atoms with Crippen LogP contribution in [0.2, 0.25) is 10.0 Å². The molecule has 0 spiro atoms. The summed E-state index contributed by atoms with van der Waals surface area (Å²) in [5.41, 5.74) is 1.99. The van der Waals surface area contributed by atoms with Gasteiger partial charge in [0.2, 0.25) is 0 Å². The van der Waals surface area contributed by atoms with Gasteiger partial charge in [0.15, 0.2) is 0 Å². The molecular weight excluding hydrogens is 411 g/mol. The molecule has 0 aliphatic heterocycles. The van der Waals surface area contributed by atoms with Crippen molar-refractivity contribution in [3.63, 3.8) is 0 Å². The van der Waals surface area contributed by atoms with Crippen molar-refractivity contribution in [2.75, 3.05) is 7.05 Å². The van der Waals surface area contributed by atoms with E-state index in [0.29, 0.717) is 11.4 Å². The first-order chi connectivity index (χ1) is 9.51. The van der Waals surface area contributed by atoms with E-state index in [0.717, 1.165) is 19.7 Å². The van der Waals surface area contributed by atoms with E-state index in [1.165, 1.54) is 12.1 Å². The first-order valence-electron chi connectivity index (χ1n) is 6.07. The number of likely N-dealkylation sites (N-methyl/N-ethyl adjacent to an activating group) is 1. The molecule has 20 heavy (non-hydrogen) atoms. The summed E-state index contributed by atoms with van der Waals surface area (Å²) in [7, 11) is 1.88. The predicted octanol–water partition coefficient (Wildman–Crippen LogP) is 5.24. The standard InChI is InChI=1S/C15H13Cl2FIN/c1-20-15(10-3-5-14(19)13(17)6-10)7-9-2-4-11(18)8-12(9)16/h2-6,8,15,20H,7H2,1H3. The third-order valence-corrected chi connectivity index (χ3v) is 5.06. The summed E-state index contributed by atoms with van der Waals surface area (Å²) in [6.45, 7) is 0. The van der Waals surface area contributed by atoms with Crippen LogP contribution in [0.4, 0.5) is 4.39 Å². The van der Waals surface area contributed by atoms with E-state index in [1.54, 1.807) is 6.07 Å². The highest BCUT2D eigenvalue weighted by molar-refractivity contribution is 14.1. The van der Waals surface area contributed by atoms with Crippen LogP contribution in [0, 0.1) is 9.39 Å². The van der Waals surface area contributed by atoms with Crippen LogP contribution in [-0.2, 0) is 6.42 Å². The lowest BCUT2D eigenvalue weighted by atomic mass is 9.99. The van der Waals surface area contributed by atoms with Crippen molar-refractivity contribution in [2.45, 2.75) is 12.5 Å². The molecule has 2 aromatic carbocycles. The fourth-order valence-electron chi connectivity index (χ4n) is 2.02. The Morgan fingerprint density at radius 3 is 2.50 bits per heavy atom. The third kappa shape index (κ3) is 3.85. The van der Waals surface area contributed by atoms with Crippen molar-refractivity contribution < 1.29 is 4.39 Å². The SMILES string of the molecule is CNC(Cc1ccc(F)cc1Cl)c1ccc(I)c(Cl)c1. The van der Waals surface area contributed by atoms with Gasteiger partial charge in [0, 0.05) is 14.6 Å². The molecule has 2 aromatic rings. The van der Waals surface area contributed by atoms with Crippen molar-refractivity contribution in [3.05, 3.63) is 67.0 Å². The van der Waals surface area contributed by atoms with Crippen LogP contribution >= 0.6 is 45.8 Å². The molecule has 0 aliphatic carbocycles. The molecule has 0 aromatic heterocycles. The minimum atomic E-state index is -0.322. The molecule has 0 fully saturated rings. The number of halogens is 4. The third-order valence-electron chi connectivity index (χ3n) is 3.13. The molecule has 5 heteroatoms. The van der Waals surface area contributed by atoms with Gasteiger partial charge in [-0.25, -0.2) is 4.39 Å². The summed E-state index contributed by atoms with van der Waals surface area (Å²) in [6, 6.07) is 10.5. The monoisotopic (exact) mass is 423 g/mol. The Morgan fingerprint density at radius 2 is 1.90 bits per heavy atom. The van der Waals surface area contributed by atoms with Crippen LogP contribution in [-0.4, -0.2) is 7.05 Å². The highest BCUT2D eigenvalue weighted by Crippen LogP contribution is 2.27. The van der Waals surface area contributed by atoms with Crippen molar-refractivity contribution >= 4 is 45.8 Å². The molecule has 106 valence electrons. The van der Waals surface area contributed by atoms with Gasteiger partial charge in [-0.05, 0) is 71.5 Å². The molecule has 0 bridgehead atoms. The number of rotatable bonds is 4. The van der Waals surface area contributed by atoms with E-state index < -0.39 is 0 Å². The number of benzene rings is 2. The molecule has 0 aliphatic rings. The zero-order valence-corrected chi connectivity index (χ0v) is 14.4. The van der Waals surface area contributed by atoms with Crippen LogP contribution < -0.4 is 5.32 Å². The quantitative estimate of drug-likeness (QED) is 0.663. The minimum Gasteiger partial charge on any atom is -0.313 e. The first kappa shape index (κ1) is 16.0. The van der Waals surface area contributed by atoms with Gasteiger partial charge < -0.3 is 5.32 Å². The predicted molar refractivity (Wildman–Crippen MR) is 91.1 cm³/mol. The van der Waals surface area contributed by atoms with E-state index in [-0.39, 0.29) is 11.9 Å². The maximum absolute atomic E-state index is 13.1. The maximum Gasteiger partial charge on any atom is 0.124 e. The smallest absolute Gasteiger partial charge is 0.124 e. The second-order valence-corrected chi connectivity index (χ2v) is 6.43. The zero-order chi connectivity index (χ0) is 14.7. The molecule has 1 nitrogen and oxygen atoms in total. The molecular formula is C15H13Cl2FIN. The van der Waals surface area contributed by atoms with Gasteiger partial charge in [-0.15, -0.1) is 0 Å². The maximum atomic E-state index is 13.1. The summed E-state index contributed by atoms with van der Waals surface area (Å²) in [6.07, 6.45) is 0.673. The van der Waals surface area contributed by atoms with Crippen LogP contribution in [0.5, 0.6) is 0 Å². The molecule has 0 radical (unpaired) electrons. The van der Waals surface area contributed by atoms with E-state index in [9.17, 15) is 4.39 Å². The Balaban J connectivity index is 2.26. The normalized spacial score (nSPS) is 12.4. The average molecular weight is 424 g/mol. The molecule has 2 rings (SSSR count). The van der Waals surface area contributed by atoms with Gasteiger partial charge in [-0.2, -0.15) is 0 Å². The summed E-state index contributed by atoms with van der Waals surface area (Å²) < 4.78 is 14.1. The van der Waals surface area contributed by atoms with Gasteiger partial charge >= 0.3 is 0 Å². The molecule has 1 atom stereocenters. The van der Waals surface area contributed by atoms with Crippen molar-refractivity contribution in [3.8, 4) is 0 Å². The minimum absolute atomic E-state index is 0.0764. The van der Waals surface area contributed by atoms with Crippen molar-refractivity contribution in [1.82, 2.24) is 5.32 Å². The summed E-state index contributed by atoms with van der Waals surface area (Å²) in [5, 5.41) is 4.42. The fourth-order valence-corrected chi connectivity index (χ4v) is 2.79. The second kappa shape index (κ2) is 7.07. The topological polar surface area (TPSA) is 12.0 Å². The molecule has 0 heterocycles. The molecule has 1 N–H and O–H groups in total. The first-order valence-corrected chi connectivity index (χ1v) is 7.91. The van der Waals surface area contributed by atoms with Gasteiger partial charge in [-0.1, -0.05) is 35.3 Å². The average Bonchev–Trinajstić information content (AvgIpc) is 2.41. The van der Waals surface area contributed by atoms with Crippen LogP contribution in [0.3, 0.4) is 0 Å². The van der Waals surface area contributed by atoms with Crippen molar-refractivity contribution in [2.24, 2.45) is 0 Å². The van der Waals surface area contributed by atoms with Crippen molar-refractivity contribution in [1.29, 1.82) is 0 Å². The lowest BCUT2D eigenvalue weighted by molar-refractivity contribution is 0.589. The highest BCUT2D eigenvalue weighted by Gasteiger charge is 2.13. The van der Waals surface area contributed by atoms with E-state index in [1.807, 2.05) is 25.2 Å². The molecule has 1 unspecified atom stereocenters. The Labute approximate surface area is 141 Å². The molecule has 0 saturated heterocycles. The van der Waals surface area contributed by atoms with Gasteiger partial charge in [0.05, 0.1) is 5.02 Å². The summed E-state index contributed by atoms with van der Waals surface area (Å²) in [4.78, 5) is 0. The number of hydrogen-bond donors (Lipinski definition) is 1. The lowest BCUT2D eigenvalue weighted by Gasteiger charge is -2.18. The summed E-state index contributed by atoms with van der Waals surface area (Å²) in [5.74, 6) is -0.322. The molecule has 0 saturated carbocycles. The lowest BCUT2D eigenvalue weighted by Crippen LogP contribution is -2.19. The van der Waals surface area contributed by atoms with Gasteiger partial charge in [0.25, 0.3) is 0 Å². The highest BCUT2D eigenvalue weighted by atomic mass is 127. The Bertz CT molecular complexity index is 619. The number of nitrogens with one attached hydrogen (secondary N) is 1. The largest absolute Gasteiger partial charge is 0.313 e. The zero-order valence-electron chi connectivity index (χ0n) is 10.8. The second-order valence-electron chi connectivity index (χ2n) is 4.45. The van der Waals surface area contributed by atoms with Crippen LogP contribution in [0.25, 0.3) is 0 Å². The molecule has 0 amide bonds. The Kier molecular flexibility index (Phi) is 5.66. The summed E-state index contributed by atoms with van der Waals surface area (Å²) >= 11 is 14.4. The van der Waals surface area contributed by atoms with E-state index in [4.69, 9.17) is 23.2 Å². The number of hydrogen-bond acceptors (Lipinski definition) is 1. The van der Waals surface area contributed by atoms with Gasteiger partial charge in [0.1, 0.15) is 5.82 Å².